The van der Waals surface area contributed by atoms with Gasteiger partial charge in [-0.25, -0.2) is 15.0 Å². The zero-order valence-corrected chi connectivity index (χ0v) is 10.8. The van der Waals surface area contributed by atoms with Gasteiger partial charge in [0.25, 0.3) is 0 Å². The van der Waals surface area contributed by atoms with Crippen molar-refractivity contribution in [2.75, 3.05) is 0 Å². The molecule has 0 unspecified atom stereocenters. The molecule has 0 saturated heterocycles. The maximum Gasteiger partial charge on any atom is 0.180 e. The molecule has 0 aromatic carbocycles. The van der Waals surface area contributed by atoms with Gasteiger partial charge in [0.1, 0.15) is 11.8 Å². The predicted octanol–water partition coefficient (Wildman–Crippen LogP) is -0.563. The first kappa shape index (κ1) is 7.58. The van der Waals surface area contributed by atoms with Crippen LogP contribution in [0.3, 0.4) is 0 Å². The van der Waals surface area contributed by atoms with Gasteiger partial charge in [-0.15, -0.1) is 0 Å². The van der Waals surface area contributed by atoms with E-state index in [9.17, 15) is 0 Å². The molecule has 2 heterocycles. The predicted molar refractivity (Wildman–Crippen MR) is 40.2 cm³/mol. The number of nitrogens with zero attached hydrogens (tertiary/aromatic N) is 3. The first-order valence-electron chi connectivity index (χ1n) is 2.56. The maximum absolute atomic E-state index is 3.91. The summed E-state index contributed by atoms with van der Waals surface area (Å²) < 4.78 is 0. The van der Waals surface area contributed by atoms with Gasteiger partial charge in [-0.05, 0) is 0 Å². The Bertz CT molecular complexity index is 288. The Morgan fingerprint density at radius 2 is 2.20 bits per heavy atom. The third kappa shape index (κ3) is 1.15. The van der Waals surface area contributed by atoms with Crippen LogP contribution in [-0.2, 0) is 0 Å². The molecule has 1 N–H and O–H groups in total. The summed E-state index contributed by atoms with van der Waals surface area (Å²) in [4.78, 5) is 14.5. The smallest absolute Gasteiger partial charge is 0.180 e. The normalized spacial score (nSPS) is 9.20. The van der Waals surface area contributed by atoms with Gasteiger partial charge in [-0.3, -0.25) is 0 Å². The first-order valence-corrected chi connectivity index (χ1v) is 2.56. The Labute approximate surface area is 77.3 Å². The summed E-state index contributed by atoms with van der Waals surface area (Å²) in [6.45, 7) is 0. The second-order valence-electron chi connectivity index (χ2n) is 1.66. The molecular formula is C5H6N4Pb. The van der Waals surface area contributed by atoms with Gasteiger partial charge in [0.2, 0.25) is 0 Å². The fourth-order valence-electron chi connectivity index (χ4n) is 0.691. The van der Waals surface area contributed by atoms with Gasteiger partial charge in [0.05, 0.1) is 12.5 Å². The van der Waals surface area contributed by atoms with Gasteiger partial charge in [-0.2, -0.15) is 0 Å². The molecule has 0 aliphatic heterocycles. The zero-order valence-electron chi connectivity index (χ0n) is 5.28. The summed E-state index contributed by atoms with van der Waals surface area (Å²) in [7, 11) is 0. The van der Waals surface area contributed by atoms with E-state index in [4.69, 9.17) is 0 Å². The van der Waals surface area contributed by atoms with Crippen LogP contribution in [0.4, 0.5) is 0 Å². The van der Waals surface area contributed by atoms with E-state index >= 15 is 0 Å². The molecule has 50 valence electrons. The van der Waals surface area contributed by atoms with E-state index in [0.717, 1.165) is 5.52 Å². The number of imidazole rings is 1. The minimum absolute atomic E-state index is 0. The second-order valence-corrected chi connectivity index (χ2v) is 1.66. The fourth-order valence-corrected chi connectivity index (χ4v) is 0.691. The van der Waals surface area contributed by atoms with Crippen molar-refractivity contribution in [1.29, 1.82) is 0 Å². The molecule has 4 nitrogen and oxygen atoms in total. The van der Waals surface area contributed by atoms with E-state index in [1.807, 2.05) is 0 Å². The topological polar surface area (TPSA) is 54.5 Å². The number of aromatic nitrogens is 4. The van der Waals surface area contributed by atoms with Crippen molar-refractivity contribution in [2.45, 2.75) is 0 Å². The summed E-state index contributed by atoms with van der Waals surface area (Å²) in [5, 5.41) is 0. The van der Waals surface area contributed by atoms with E-state index in [0.29, 0.717) is 5.65 Å². The van der Waals surface area contributed by atoms with Crippen LogP contribution in [-0.4, -0.2) is 47.2 Å². The van der Waals surface area contributed by atoms with E-state index in [2.05, 4.69) is 19.9 Å². The van der Waals surface area contributed by atoms with Gasteiger partial charge < -0.3 is 4.98 Å². The second kappa shape index (κ2) is 3.04. The standard InChI is InChI=1S/C5H4N4.Pb.2H/c1-4-5(8-2-6-1)9-3-7-4;;;/h1-3H,(H,6,7,8,9);;;. The molecule has 10 heavy (non-hydrogen) atoms. The molecule has 0 spiro atoms. The van der Waals surface area contributed by atoms with Crippen LogP contribution in [0.1, 0.15) is 0 Å². The van der Waals surface area contributed by atoms with Crippen molar-refractivity contribution in [1.82, 2.24) is 19.9 Å². The number of hydrogen-bond donors (Lipinski definition) is 1. The number of nitrogens with one attached hydrogen (secondary N) is 1. The summed E-state index contributed by atoms with van der Waals surface area (Å²) in [5.41, 5.74) is 1.59. The molecule has 0 saturated carbocycles. The number of aromatic amines is 1. The van der Waals surface area contributed by atoms with Crippen molar-refractivity contribution < 1.29 is 0 Å². The monoisotopic (exact) mass is 330 g/mol. The number of H-pyrrole nitrogens is 1. The molecule has 0 fully saturated rings. The Hall–Kier alpha value is -0.528. The van der Waals surface area contributed by atoms with E-state index in [1.54, 1.807) is 12.5 Å². The summed E-state index contributed by atoms with van der Waals surface area (Å²) in [6, 6.07) is 0. The Balaban J connectivity index is 0.000000500. The average molecular weight is 329 g/mol. The van der Waals surface area contributed by atoms with Crippen LogP contribution in [0.15, 0.2) is 18.9 Å². The molecule has 0 bridgehead atoms. The van der Waals surface area contributed by atoms with Gasteiger partial charge in [0, 0.05) is 0 Å². The van der Waals surface area contributed by atoms with Crippen LogP contribution < -0.4 is 0 Å². The number of hydrogen-bond acceptors (Lipinski definition) is 3. The molecule has 5 heteroatoms. The van der Waals surface area contributed by atoms with Crippen LogP contribution in [0.5, 0.6) is 0 Å². The summed E-state index contributed by atoms with van der Waals surface area (Å²) >= 11 is 0. The zero-order chi connectivity index (χ0) is 6.10. The van der Waals surface area contributed by atoms with Crippen molar-refractivity contribution in [3.8, 4) is 0 Å². The van der Waals surface area contributed by atoms with Crippen molar-refractivity contribution in [3.05, 3.63) is 18.9 Å². The first-order chi connectivity index (χ1) is 4.47. The van der Waals surface area contributed by atoms with Gasteiger partial charge in [-0.1, -0.05) is 0 Å². The summed E-state index contributed by atoms with van der Waals surface area (Å²) in [6.07, 6.45) is 4.76. The number of fused-ring (bicyclic) bond motifs is 1. The molecule has 0 atom stereocenters. The third-order valence-corrected chi connectivity index (χ3v) is 1.10. The minimum Gasteiger partial charge on any atom is -0.342 e. The Kier molecular flexibility index (Phi) is 2.30. The van der Waals surface area contributed by atoms with E-state index in [-0.39, 0.29) is 27.3 Å². The molecule has 0 aliphatic rings. The molecule has 2 rings (SSSR count). The largest absolute Gasteiger partial charge is 0.342 e. The van der Waals surface area contributed by atoms with Crippen LogP contribution in [0.25, 0.3) is 11.2 Å². The average Bonchev–Trinajstić information content (AvgIpc) is 2.33. The quantitative estimate of drug-likeness (QED) is 0.659. The molecule has 2 aromatic heterocycles. The summed E-state index contributed by atoms with van der Waals surface area (Å²) in [5.74, 6) is 0. The van der Waals surface area contributed by atoms with Crippen LogP contribution >= 0.6 is 0 Å². The van der Waals surface area contributed by atoms with Gasteiger partial charge >= 0.3 is 27.3 Å². The molecule has 2 radical (unpaired) electrons. The minimum atomic E-state index is 0. The van der Waals surface area contributed by atoms with Crippen LogP contribution in [0, 0.1) is 0 Å². The van der Waals surface area contributed by atoms with Crippen molar-refractivity contribution in [2.24, 2.45) is 0 Å². The third-order valence-electron chi connectivity index (χ3n) is 1.10. The van der Waals surface area contributed by atoms with E-state index in [1.165, 1.54) is 6.33 Å². The molecule has 0 aliphatic carbocycles. The van der Waals surface area contributed by atoms with Crippen molar-refractivity contribution in [3.63, 3.8) is 0 Å². The maximum atomic E-state index is 3.91. The van der Waals surface area contributed by atoms with Crippen LogP contribution in [0.2, 0.25) is 0 Å². The van der Waals surface area contributed by atoms with Gasteiger partial charge in [0.15, 0.2) is 5.65 Å². The van der Waals surface area contributed by atoms with E-state index < -0.39 is 0 Å². The van der Waals surface area contributed by atoms with Crippen molar-refractivity contribution >= 4 is 38.5 Å². The Morgan fingerprint density at radius 3 is 3.00 bits per heavy atom. The molecule has 2 aromatic rings. The fraction of sp³-hybridized carbons (Fsp3) is 0. The number of rotatable bonds is 0. The SMILES string of the molecule is [PbH2].c1ncc2[nH]cnc2n1. The Morgan fingerprint density at radius 1 is 1.30 bits per heavy atom. The molecule has 0 amide bonds. The molecular weight excluding hydrogens is 323 g/mol.